The predicted molar refractivity (Wildman–Crippen MR) is 122 cm³/mol. The van der Waals surface area contributed by atoms with Gasteiger partial charge in [-0.25, -0.2) is 4.98 Å². The first-order valence-corrected chi connectivity index (χ1v) is 10.8. The van der Waals surface area contributed by atoms with E-state index in [1.165, 1.54) is 12.6 Å². The van der Waals surface area contributed by atoms with Crippen LogP contribution >= 0.6 is 0 Å². The minimum atomic E-state index is -0.229. The highest BCUT2D eigenvalue weighted by molar-refractivity contribution is 6.04. The van der Waals surface area contributed by atoms with Gasteiger partial charge in [-0.3, -0.25) is 4.79 Å². The standard InChI is InChI=1S/C25H23N5O2/c31-25(19-12-15-23(26-17-19)32-21-7-3-1-4-8-21)27-20-13-10-18(11-14-20)24-29-28-22-9-5-2-6-16-30(22)24/h1,3-4,7-8,10-15,17H,2,5-6,9,16H2,(H,27,31). The smallest absolute Gasteiger partial charge is 0.257 e. The molecule has 1 aliphatic rings. The lowest BCUT2D eigenvalue weighted by molar-refractivity contribution is 0.102. The molecule has 0 aliphatic carbocycles. The third-order valence-electron chi connectivity index (χ3n) is 5.47. The van der Waals surface area contributed by atoms with Gasteiger partial charge in [-0.15, -0.1) is 10.2 Å². The average Bonchev–Trinajstić information content (AvgIpc) is 3.08. The Hall–Kier alpha value is -4.00. The number of pyridine rings is 1. The van der Waals surface area contributed by atoms with E-state index in [0.717, 1.165) is 43.0 Å². The predicted octanol–water partition coefficient (Wildman–Crippen LogP) is 5.11. The van der Waals surface area contributed by atoms with Crippen LogP contribution in [0.1, 0.15) is 35.4 Å². The normalized spacial score (nSPS) is 13.1. The number of aryl methyl sites for hydroxylation is 1. The largest absolute Gasteiger partial charge is 0.439 e. The molecule has 32 heavy (non-hydrogen) atoms. The number of carbonyl (C=O) groups excluding carboxylic acids is 1. The summed E-state index contributed by atoms with van der Waals surface area (Å²) in [4.78, 5) is 16.8. The molecule has 0 unspecified atom stereocenters. The van der Waals surface area contributed by atoms with Crippen molar-refractivity contribution < 1.29 is 9.53 Å². The van der Waals surface area contributed by atoms with Crippen LogP contribution < -0.4 is 10.1 Å². The number of rotatable bonds is 5. The third-order valence-corrected chi connectivity index (χ3v) is 5.47. The Morgan fingerprint density at radius 2 is 1.75 bits per heavy atom. The van der Waals surface area contributed by atoms with Crippen LogP contribution in [0.2, 0.25) is 0 Å². The maximum atomic E-state index is 12.6. The second-order valence-electron chi connectivity index (χ2n) is 7.73. The number of para-hydroxylation sites is 1. The first-order chi connectivity index (χ1) is 15.8. The van der Waals surface area contributed by atoms with Crippen LogP contribution in [0, 0.1) is 0 Å². The molecule has 0 spiro atoms. The molecule has 2 aromatic carbocycles. The van der Waals surface area contributed by atoms with Gasteiger partial charge in [0.05, 0.1) is 5.56 Å². The second kappa shape index (κ2) is 9.01. The Morgan fingerprint density at radius 1 is 0.906 bits per heavy atom. The summed E-state index contributed by atoms with van der Waals surface area (Å²) in [6, 6.07) is 20.5. The lowest BCUT2D eigenvalue weighted by Gasteiger charge is -2.09. The van der Waals surface area contributed by atoms with Crippen LogP contribution in [-0.4, -0.2) is 25.7 Å². The van der Waals surface area contributed by atoms with Crippen molar-refractivity contribution in [1.82, 2.24) is 19.7 Å². The average molecular weight is 425 g/mol. The first-order valence-electron chi connectivity index (χ1n) is 10.8. The fourth-order valence-electron chi connectivity index (χ4n) is 3.79. The fraction of sp³-hybridized carbons (Fsp3) is 0.200. The summed E-state index contributed by atoms with van der Waals surface area (Å²) in [6.45, 7) is 0.952. The SMILES string of the molecule is O=C(Nc1ccc(-c2nnc3n2CCCCC3)cc1)c1ccc(Oc2ccccc2)nc1. The van der Waals surface area contributed by atoms with Crippen LogP contribution in [0.5, 0.6) is 11.6 Å². The topological polar surface area (TPSA) is 81.9 Å². The Morgan fingerprint density at radius 3 is 2.53 bits per heavy atom. The number of anilines is 1. The molecule has 1 N–H and O–H groups in total. The molecule has 3 heterocycles. The highest BCUT2D eigenvalue weighted by atomic mass is 16.5. The molecule has 0 saturated heterocycles. The lowest BCUT2D eigenvalue weighted by Crippen LogP contribution is -2.12. The maximum Gasteiger partial charge on any atom is 0.257 e. The number of nitrogens with one attached hydrogen (secondary N) is 1. The van der Waals surface area contributed by atoms with Crippen molar-refractivity contribution in [3.63, 3.8) is 0 Å². The quantitative estimate of drug-likeness (QED) is 0.480. The molecule has 1 aliphatic heterocycles. The van der Waals surface area contributed by atoms with Crippen molar-refractivity contribution >= 4 is 11.6 Å². The van der Waals surface area contributed by atoms with Crippen molar-refractivity contribution in [2.45, 2.75) is 32.2 Å². The molecule has 0 radical (unpaired) electrons. The Balaban J connectivity index is 1.25. The summed E-state index contributed by atoms with van der Waals surface area (Å²) >= 11 is 0. The van der Waals surface area contributed by atoms with E-state index < -0.39 is 0 Å². The summed E-state index contributed by atoms with van der Waals surface area (Å²) in [7, 11) is 0. The molecule has 4 aromatic rings. The van der Waals surface area contributed by atoms with E-state index in [2.05, 4.69) is 25.1 Å². The molecule has 1 amide bonds. The van der Waals surface area contributed by atoms with Crippen molar-refractivity contribution in [2.24, 2.45) is 0 Å². The Kier molecular flexibility index (Phi) is 5.61. The van der Waals surface area contributed by atoms with E-state index in [1.807, 2.05) is 54.6 Å². The number of nitrogens with zero attached hydrogens (tertiary/aromatic N) is 4. The van der Waals surface area contributed by atoms with Crippen molar-refractivity contribution in [3.05, 3.63) is 84.3 Å². The number of benzene rings is 2. The molecular formula is C25H23N5O2. The van der Waals surface area contributed by atoms with E-state index in [1.54, 1.807) is 12.1 Å². The Labute approximate surface area is 186 Å². The van der Waals surface area contributed by atoms with Gasteiger partial charge in [0.1, 0.15) is 11.6 Å². The van der Waals surface area contributed by atoms with Crippen molar-refractivity contribution in [2.75, 3.05) is 5.32 Å². The summed E-state index contributed by atoms with van der Waals surface area (Å²) in [6.07, 6.45) is 6.02. The van der Waals surface area contributed by atoms with Crippen molar-refractivity contribution in [3.8, 4) is 23.0 Å². The Bertz CT molecular complexity index is 1200. The summed E-state index contributed by atoms with van der Waals surface area (Å²) in [5, 5.41) is 11.7. The molecule has 160 valence electrons. The third kappa shape index (κ3) is 4.37. The number of aromatic nitrogens is 4. The van der Waals surface area contributed by atoms with Gasteiger partial charge in [0.2, 0.25) is 5.88 Å². The van der Waals surface area contributed by atoms with Gasteiger partial charge in [-0.05, 0) is 55.3 Å². The van der Waals surface area contributed by atoms with Gasteiger partial charge < -0.3 is 14.6 Å². The highest BCUT2D eigenvalue weighted by Gasteiger charge is 2.16. The maximum absolute atomic E-state index is 12.6. The lowest BCUT2D eigenvalue weighted by atomic mass is 10.2. The summed E-state index contributed by atoms with van der Waals surface area (Å²) in [5.74, 6) is 2.85. The molecular weight excluding hydrogens is 402 g/mol. The fourth-order valence-corrected chi connectivity index (χ4v) is 3.79. The minimum absolute atomic E-state index is 0.229. The number of fused-ring (bicyclic) bond motifs is 1. The van der Waals surface area contributed by atoms with Gasteiger partial charge in [0.15, 0.2) is 5.82 Å². The monoisotopic (exact) mass is 425 g/mol. The molecule has 0 saturated carbocycles. The number of ether oxygens (including phenoxy) is 1. The second-order valence-corrected chi connectivity index (χ2v) is 7.73. The van der Waals surface area contributed by atoms with Crippen LogP contribution in [0.4, 0.5) is 5.69 Å². The zero-order valence-electron chi connectivity index (χ0n) is 17.6. The number of amides is 1. The molecule has 5 rings (SSSR count). The van der Waals surface area contributed by atoms with Crippen LogP contribution in [0.15, 0.2) is 72.9 Å². The minimum Gasteiger partial charge on any atom is -0.439 e. The van der Waals surface area contributed by atoms with E-state index in [9.17, 15) is 4.79 Å². The van der Waals surface area contributed by atoms with E-state index in [0.29, 0.717) is 22.9 Å². The first kappa shape index (κ1) is 19.9. The zero-order chi connectivity index (χ0) is 21.8. The van der Waals surface area contributed by atoms with Gasteiger partial charge in [0, 0.05) is 36.5 Å². The molecule has 0 atom stereocenters. The van der Waals surface area contributed by atoms with Crippen LogP contribution in [-0.2, 0) is 13.0 Å². The summed E-state index contributed by atoms with van der Waals surface area (Å²) < 4.78 is 7.88. The van der Waals surface area contributed by atoms with Crippen LogP contribution in [0.25, 0.3) is 11.4 Å². The van der Waals surface area contributed by atoms with Crippen LogP contribution in [0.3, 0.4) is 0 Å². The molecule has 2 aromatic heterocycles. The van der Waals surface area contributed by atoms with E-state index in [-0.39, 0.29) is 5.91 Å². The molecule has 7 heteroatoms. The van der Waals surface area contributed by atoms with Gasteiger partial charge >= 0.3 is 0 Å². The van der Waals surface area contributed by atoms with Gasteiger partial charge in [0.25, 0.3) is 5.91 Å². The summed E-state index contributed by atoms with van der Waals surface area (Å²) in [5.41, 5.74) is 2.16. The number of carbonyl (C=O) groups is 1. The highest BCUT2D eigenvalue weighted by Crippen LogP contribution is 2.24. The molecule has 0 bridgehead atoms. The number of hydrogen-bond donors (Lipinski definition) is 1. The van der Waals surface area contributed by atoms with Gasteiger partial charge in [-0.2, -0.15) is 0 Å². The zero-order valence-corrected chi connectivity index (χ0v) is 17.6. The number of hydrogen-bond acceptors (Lipinski definition) is 5. The van der Waals surface area contributed by atoms with Gasteiger partial charge in [-0.1, -0.05) is 24.6 Å². The molecule has 0 fully saturated rings. The van der Waals surface area contributed by atoms with Crippen molar-refractivity contribution in [1.29, 1.82) is 0 Å². The van der Waals surface area contributed by atoms with E-state index >= 15 is 0 Å². The molecule has 7 nitrogen and oxygen atoms in total. The van der Waals surface area contributed by atoms with E-state index in [4.69, 9.17) is 4.74 Å².